The smallest absolute Gasteiger partial charge is 0.269 e. The van der Waals surface area contributed by atoms with Crippen molar-refractivity contribution in [3.63, 3.8) is 0 Å². The third-order valence-corrected chi connectivity index (χ3v) is 6.19. The van der Waals surface area contributed by atoms with Gasteiger partial charge in [-0.3, -0.25) is 9.69 Å². The van der Waals surface area contributed by atoms with E-state index in [1.807, 2.05) is 30.3 Å². The number of aliphatic hydroxyl groups excluding tert-OH is 1. The zero-order valence-corrected chi connectivity index (χ0v) is 19.2. The van der Waals surface area contributed by atoms with E-state index in [0.717, 1.165) is 49.2 Å². The Bertz CT molecular complexity index is 1060. The van der Waals surface area contributed by atoms with Crippen LogP contribution in [-0.4, -0.2) is 67.0 Å². The van der Waals surface area contributed by atoms with Crippen molar-refractivity contribution in [2.45, 2.75) is 19.6 Å². The van der Waals surface area contributed by atoms with Crippen LogP contribution in [0.15, 0.2) is 42.5 Å². The number of fused-ring (bicyclic) bond motifs is 1. The number of β-amino-alcohol motifs (C(OH)–C–C–N with tert-alkyl or cyclic N) is 1. The predicted octanol–water partition coefficient (Wildman–Crippen LogP) is 3.26. The van der Waals surface area contributed by atoms with E-state index in [1.165, 1.54) is 5.56 Å². The molecule has 4 rings (SSSR count). The number of para-hydroxylation sites is 1. The number of carbonyl (C=O) groups excluding carboxylic acids is 1. The summed E-state index contributed by atoms with van der Waals surface area (Å²) in [6.07, 6.45) is -0.0493. The monoisotopic (exact) mass is 456 g/mol. The summed E-state index contributed by atoms with van der Waals surface area (Å²) in [4.78, 5) is 20.0. The van der Waals surface area contributed by atoms with Gasteiger partial charge in [-0.25, -0.2) is 0 Å². The third kappa shape index (κ3) is 4.85. The van der Waals surface area contributed by atoms with Crippen molar-refractivity contribution >= 4 is 34.1 Å². The lowest BCUT2D eigenvalue weighted by Gasteiger charge is -2.37. The van der Waals surface area contributed by atoms with Gasteiger partial charge in [0.25, 0.3) is 5.91 Å². The maximum atomic E-state index is 12.5. The van der Waals surface area contributed by atoms with Crippen molar-refractivity contribution in [1.29, 1.82) is 0 Å². The molecule has 1 aliphatic rings. The second-order valence-electron chi connectivity index (χ2n) is 8.03. The van der Waals surface area contributed by atoms with E-state index in [0.29, 0.717) is 23.0 Å². The van der Waals surface area contributed by atoms with Gasteiger partial charge in [-0.1, -0.05) is 36.7 Å². The molecule has 32 heavy (non-hydrogen) atoms. The minimum atomic E-state index is -0.951. The number of amides is 1. The first-order valence-corrected chi connectivity index (χ1v) is 11.3. The number of carbonyl (C=O) groups is 1. The Morgan fingerprint density at radius 1 is 1.22 bits per heavy atom. The third-order valence-electron chi connectivity index (χ3n) is 5.91. The van der Waals surface area contributed by atoms with Gasteiger partial charge in [0, 0.05) is 43.6 Å². The standard InChI is InChI=1S/C24H29ClN4O3/c1-3-16-12-18(25)23(32-2)21(13-16)29-10-8-28(9-11-29)15-22(30)27-24(31)20-14-17-6-4-5-7-19(17)26-20/h4-7,12-14,22,26,30H,3,8-11,15H2,1-2H3,(H,27,31). The first-order valence-electron chi connectivity index (χ1n) is 10.9. The quantitative estimate of drug-likeness (QED) is 0.475. The van der Waals surface area contributed by atoms with Crippen molar-refractivity contribution in [2.24, 2.45) is 0 Å². The molecule has 3 N–H and O–H groups in total. The lowest BCUT2D eigenvalue weighted by Crippen LogP contribution is -2.51. The van der Waals surface area contributed by atoms with Crippen molar-refractivity contribution in [3.8, 4) is 5.75 Å². The molecule has 3 aromatic rings. The number of piperazine rings is 1. The highest BCUT2D eigenvalue weighted by atomic mass is 35.5. The Balaban J connectivity index is 1.33. The van der Waals surface area contributed by atoms with Gasteiger partial charge in [0.1, 0.15) is 11.9 Å². The Labute approximate surface area is 192 Å². The lowest BCUT2D eigenvalue weighted by molar-refractivity contribution is 0.0628. The molecule has 0 bridgehead atoms. The van der Waals surface area contributed by atoms with E-state index in [-0.39, 0.29) is 5.91 Å². The van der Waals surface area contributed by atoms with Crippen LogP contribution in [0.25, 0.3) is 10.9 Å². The molecule has 2 aromatic carbocycles. The molecule has 7 nitrogen and oxygen atoms in total. The van der Waals surface area contributed by atoms with E-state index in [9.17, 15) is 9.90 Å². The maximum absolute atomic E-state index is 12.5. The summed E-state index contributed by atoms with van der Waals surface area (Å²) in [6, 6.07) is 13.6. The van der Waals surface area contributed by atoms with Gasteiger partial charge in [0.15, 0.2) is 5.75 Å². The lowest BCUT2D eigenvalue weighted by atomic mass is 10.1. The molecule has 1 fully saturated rings. The molecule has 170 valence electrons. The fourth-order valence-corrected chi connectivity index (χ4v) is 4.48. The van der Waals surface area contributed by atoms with Crippen LogP contribution in [-0.2, 0) is 6.42 Å². The zero-order valence-electron chi connectivity index (χ0n) is 18.4. The van der Waals surface area contributed by atoms with Crippen LogP contribution in [0, 0.1) is 0 Å². The van der Waals surface area contributed by atoms with Crippen molar-refractivity contribution in [2.75, 3.05) is 44.7 Å². The summed E-state index contributed by atoms with van der Waals surface area (Å²) < 4.78 is 5.55. The van der Waals surface area contributed by atoms with E-state index in [2.05, 4.69) is 33.1 Å². The summed E-state index contributed by atoms with van der Waals surface area (Å²) in [5.74, 6) is 0.381. The van der Waals surface area contributed by atoms with E-state index in [1.54, 1.807) is 13.2 Å². The Morgan fingerprint density at radius 2 is 1.97 bits per heavy atom. The Morgan fingerprint density at radius 3 is 2.66 bits per heavy atom. The normalized spacial score (nSPS) is 15.7. The summed E-state index contributed by atoms with van der Waals surface area (Å²) >= 11 is 6.42. The van der Waals surface area contributed by atoms with E-state index in [4.69, 9.17) is 16.3 Å². The average molecular weight is 457 g/mol. The molecule has 1 aromatic heterocycles. The van der Waals surface area contributed by atoms with Gasteiger partial charge in [-0.15, -0.1) is 0 Å². The molecule has 1 aliphatic heterocycles. The number of H-pyrrole nitrogens is 1. The molecule has 8 heteroatoms. The highest BCUT2D eigenvalue weighted by Crippen LogP contribution is 2.37. The molecule has 0 spiro atoms. The van der Waals surface area contributed by atoms with Gasteiger partial charge in [0.05, 0.1) is 17.8 Å². The van der Waals surface area contributed by atoms with Gasteiger partial charge >= 0.3 is 0 Å². The average Bonchev–Trinajstić information content (AvgIpc) is 3.23. The number of halogens is 1. The molecule has 1 unspecified atom stereocenters. The minimum absolute atomic E-state index is 0.317. The number of aliphatic hydroxyl groups is 1. The number of nitrogens with zero attached hydrogens (tertiary/aromatic N) is 2. The van der Waals surface area contributed by atoms with Crippen molar-refractivity contribution in [1.82, 2.24) is 15.2 Å². The molecule has 0 saturated carbocycles. The number of aromatic amines is 1. The van der Waals surface area contributed by atoms with Crippen LogP contribution in [0.5, 0.6) is 5.75 Å². The number of nitrogens with one attached hydrogen (secondary N) is 2. The van der Waals surface area contributed by atoms with Crippen LogP contribution in [0.4, 0.5) is 5.69 Å². The first-order chi connectivity index (χ1) is 15.5. The SMILES string of the molecule is CCc1cc(Cl)c(OC)c(N2CCN(CC(O)NC(=O)c3cc4ccccc4[nH]3)CC2)c1. The van der Waals surface area contributed by atoms with Crippen LogP contribution in [0.1, 0.15) is 23.0 Å². The molecule has 0 aliphatic carbocycles. The fourth-order valence-electron chi connectivity index (χ4n) is 4.16. The number of benzene rings is 2. The molecule has 1 amide bonds. The summed E-state index contributed by atoms with van der Waals surface area (Å²) in [7, 11) is 1.64. The van der Waals surface area contributed by atoms with Gasteiger partial charge in [0.2, 0.25) is 0 Å². The number of ether oxygens (including phenoxy) is 1. The second kappa shape index (κ2) is 9.81. The maximum Gasteiger partial charge on any atom is 0.269 e. The summed E-state index contributed by atoms with van der Waals surface area (Å²) in [6.45, 7) is 5.55. The van der Waals surface area contributed by atoms with Gasteiger partial charge < -0.3 is 25.0 Å². The van der Waals surface area contributed by atoms with Crippen LogP contribution < -0.4 is 15.0 Å². The highest BCUT2D eigenvalue weighted by molar-refractivity contribution is 6.32. The Kier molecular flexibility index (Phi) is 6.89. The highest BCUT2D eigenvalue weighted by Gasteiger charge is 2.24. The largest absolute Gasteiger partial charge is 0.493 e. The number of aryl methyl sites for hydroxylation is 1. The molecular formula is C24H29ClN4O3. The number of hydrogen-bond donors (Lipinski definition) is 3. The molecule has 1 saturated heterocycles. The molecular weight excluding hydrogens is 428 g/mol. The van der Waals surface area contributed by atoms with E-state index < -0.39 is 6.23 Å². The van der Waals surface area contributed by atoms with Gasteiger partial charge in [-0.05, 0) is 36.2 Å². The van der Waals surface area contributed by atoms with Gasteiger partial charge in [-0.2, -0.15) is 0 Å². The van der Waals surface area contributed by atoms with Crippen LogP contribution in [0.2, 0.25) is 5.02 Å². The topological polar surface area (TPSA) is 80.8 Å². The Hall–Kier alpha value is -2.74. The fraction of sp³-hybridized carbons (Fsp3) is 0.375. The second-order valence-corrected chi connectivity index (χ2v) is 8.44. The zero-order chi connectivity index (χ0) is 22.7. The van der Waals surface area contributed by atoms with Crippen LogP contribution >= 0.6 is 11.6 Å². The predicted molar refractivity (Wildman–Crippen MR) is 128 cm³/mol. The molecule has 2 heterocycles. The summed E-state index contributed by atoms with van der Waals surface area (Å²) in [5, 5.41) is 14.7. The van der Waals surface area contributed by atoms with Crippen molar-refractivity contribution in [3.05, 3.63) is 58.7 Å². The molecule has 0 radical (unpaired) electrons. The summed E-state index contributed by atoms with van der Waals surface area (Å²) in [5.41, 5.74) is 3.51. The van der Waals surface area contributed by atoms with Crippen LogP contribution in [0.3, 0.4) is 0 Å². The van der Waals surface area contributed by atoms with E-state index >= 15 is 0 Å². The number of rotatable bonds is 7. The number of hydrogen-bond acceptors (Lipinski definition) is 5. The molecule has 1 atom stereocenters. The minimum Gasteiger partial charge on any atom is -0.493 e. The number of anilines is 1. The number of methoxy groups -OCH3 is 1. The first kappa shape index (κ1) is 22.5. The van der Waals surface area contributed by atoms with Crippen molar-refractivity contribution < 1.29 is 14.6 Å². The number of aromatic nitrogens is 1.